The van der Waals surface area contributed by atoms with Gasteiger partial charge in [-0.25, -0.2) is 0 Å². The van der Waals surface area contributed by atoms with Gasteiger partial charge in [-0.3, -0.25) is 14.6 Å². The van der Waals surface area contributed by atoms with Crippen molar-refractivity contribution in [2.75, 3.05) is 18.1 Å². The predicted octanol–water partition coefficient (Wildman–Crippen LogP) is 2.29. The molecular formula is C22H21F3N4O4. The molecule has 0 spiro atoms. The number of pyridine rings is 1. The summed E-state index contributed by atoms with van der Waals surface area (Å²) in [6, 6.07) is 5.34. The van der Waals surface area contributed by atoms with Gasteiger partial charge in [0.25, 0.3) is 5.91 Å². The van der Waals surface area contributed by atoms with Gasteiger partial charge in [0.1, 0.15) is 23.1 Å². The van der Waals surface area contributed by atoms with Crippen LogP contribution in [-0.2, 0) is 23.9 Å². The molecule has 1 aliphatic rings. The lowest BCUT2D eigenvalue weighted by molar-refractivity contribution is -0.142. The van der Waals surface area contributed by atoms with Crippen molar-refractivity contribution in [2.45, 2.75) is 32.1 Å². The number of nitrogens with zero attached hydrogens (tertiary/aromatic N) is 2. The number of alkyl halides is 3. The number of amides is 2. The van der Waals surface area contributed by atoms with E-state index in [0.29, 0.717) is 35.2 Å². The van der Waals surface area contributed by atoms with Gasteiger partial charge in [0.15, 0.2) is 0 Å². The van der Waals surface area contributed by atoms with Crippen LogP contribution in [0.5, 0.6) is 0 Å². The molecule has 0 radical (unpaired) electrons. The van der Waals surface area contributed by atoms with Crippen LogP contribution in [0.2, 0.25) is 0 Å². The van der Waals surface area contributed by atoms with Crippen LogP contribution in [0.1, 0.15) is 32.9 Å². The predicted molar refractivity (Wildman–Crippen MR) is 112 cm³/mol. The number of rotatable bonds is 5. The monoisotopic (exact) mass is 462 g/mol. The summed E-state index contributed by atoms with van der Waals surface area (Å²) in [4.78, 5) is 29.5. The summed E-state index contributed by atoms with van der Waals surface area (Å²) < 4.78 is 46.0. The number of fused-ring (bicyclic) bond motifs is 2. The minimum Gasteiger partial charge on any atom is -0.461 e. The van der Waals surface area contributed by atoms with Gasteiger partial charge in [-0.15, -0.1) is 0 Å². The molecule has 0 unspecified atom stereocenters. The second-order valence-corrected chi connectivity index (χ2v) is 7.79. The molecule has 0 saturated carbocycles. The molecule has 1 atom stereocenters. The molecule has 0 fully saturated rings. The number of aliphatic hydroxyl groups is 1. The van der Waals surface area contributed by atoms with Crippen LogP contribution in [0.15, 0.2) is 34.9 Å². The number of carbonyl (C=O) groups is 2. The lowest BCUT2D eigenvalue weighted by atomic mass is 9.97. The Labute approximate surface area is 186 Å². The third-order valence-electron chi connectivity index (χ3n) is 5.69. The van der Waals surface area contributed by atoms with Gasteiger partial charge in [-0.05, 0) is 43.2 Å². The van der Waals surface area contributed by atoms with E-state index < -0.39 is 36.3 Å². The first-order chi connectivity index (χ1) is 15.6. The summed E-state index contributed by atoms with van der Waals surface area (Å²) in [7, 11) is 0. The molecule has 3 heterocycles. The molecule has 0 bridgehead atoms. The van der Waals surface area contributed by atoms with Crippen molar-refractivity contribution in [3.8, 4) is 0 Å². The molecule has 4 N–H and O–H groups in total. The molecule has 3 aromatic rings. The van der Waals surface area contributed by atoms with Gasteiger partial charge in [-0.2, -0.15) is 13.2 Å². The fourth-order valence-electron chi connectivity index (χ4n) is 4.06. The van der Waals surface area contributed by atoms with Crippen LogP contribution in [0, 0.1) is 6.92 Å². The average Bonchev–Trinajstić information content (AvgIpc) is 3.10. The number of aliphatic hydroxyl groups excluding tert-OH is 1. The van der Waals surface area contributed by atoms with E-state index in [1.165, 1.54) is 6.20 Å². The van der Waals surface area contributed by atoms with Gasteiger partial charge in [0, 0.05) is 35.9 Å². The molecule has 11 heteroatoms. The molecule has 1 aromatic carbocycles. The molecule has 0 saturated heterocycles. The van der Waals surface area contributed by atoms with E-state index in [1.807, 2.05) is 0 Å². The number of nitrogens with two attached hydrogens (primary N) is 1. The number of nitrogens with one attached hydrogen (secondary N) is 1. The van der Waals surface area contributed by atoms with Crippen molar-refractivity contribution in [1.29, 1.82) is 0 Å². The first kappa shape index (κ1) is 22.6. The highest BCUT2D eigenvalue weighted by Crippen LogP contribution is 2.36. The van der Waals surface area contributed by atoms with E-state index in [-0.39, 0.29) is 23.4 Å². The number of aryl methyl sites for hydroxylation is 1. The number of hydrogen-bond acceptors (Lipinski definition) is 6. The Bertz CT molecular complexity index is 1240. The second-order valence-electron chi connectivity index (χ2n) is 7.79. The molecule has 174 valence electrons. The van der Waals surface area contributed by atoms with Crippen LogP contribution in [0.4, 0.5) is 18.9 Å². The topological polar surface area (TPSA) is 122 Å². The maximum absolute atomic E-state index is 13.5. The minimum atomic E-state index is -4.56. The second kappa shape index (κ2) is 8.39. The number of anilines is 1. The Morgan fingerprint density at radius 3 is 2.76 bits per heavy atom. The van der Waals surface area contributed by atoms with E-state index in [9.17, 15) is 27.9 Å². The van der Waals surface area contributed by atoms with Gasteiger partial charge in [0.05, 0.1) is 12.2 Å². The number of aromatic nitrogens is 1. The maximum Gasteiger partial charge on any atom is 0.433 e. The summed E-state index contributed by atoms with van der Waals surface area (Å²) in [6.07, 6.45) is -2.98. The standard InChI is InChI=1S/C22H21F3N4O4/c1-11-18(21(32)28-16(10-30)20(26)31)14-8-13(2-3-17(14)33-11)29-7-5-12-4-6-27-19(15(12)9-29)22(23,24)25/h2-4,6,8,16,30H,5,7,9-10H2,1H3,(H2,26,31)(H,28,32)/t16-/m0/s1. The SMILES string of the molecule is Cc1oc2ccc(N3CCc4ccnc(C(F)(F)F)c4C3)cc2c1C(=O)N[C@@H](CO)C(N)=O. The number of primary amides is 1. The smallest absolute Gasteiger partial charge is 0.433 e. The zero-order valence-electron chi connectivity index (χ0n) is 17.6. The highest BCUT2D eigenvalue weighted by atomic mass is 19.4. The highest BCUT2D eigenvalue weighted by molar-refractivity contribution is 6.09. The van der Waals surface area contributed by atoms with E-state index >= 15 is 0 Å². The van der Waals surface area contributed by atoms with E-state index in [0.717, 1.165) is 0 Å². The number of carbonyl (C=O) groups excluding carboxylic acids is 2. The molecule has 8 nitrogen and oxygen atoms in total. The van der Waals surface area contributed by atoms with Crippen molar-refractivity contribution in [1.82, 2.24) is 10.3 Å². The summed E-state index contributed by atoms with van der Waals surface area (Å²) in [5.41, 5.74) is 6.17. The van der Waals surface area contributed by atoms with Crippen molar-refractivity contribution >= 4 is 28.5 Å². The lowest BCUT2D eigenvalue weighted by Crippen LogP contribution is -2.46. The van der Waals surface area contributed by atoms with Crippen molar-refractivity contribution in [3.63, 3.8) is 0 Å². The van der Waals surface area contributed by atoms with Crippen molar-refractivity contribution < 1.29 is 32.3 Å². The third-order valence-corrected chi connectivity index (χ3v) is 5.69. The lowest BCUT2D eigenvalue weighted by Gasteiger charge is -2.32. The zero-order chi connectivity index (χ0) is 23.9. The van der Waals surface area contributed by atoms with Crippen LogP contribution in [0.3, 0.4) is 0 Å². The molecule has 1 aliphatic heterocycles. The van der Waals surface area contributed by atoms with Crippen molar-refractivity contribution in [3.05, 3.63) is 58.6 Å². The zero-order valence-corrected chi connectivity index (χ0v) is 17.6. The number of benzene rings is 1. The molecule has 33 heavy (non-hydrogen) atoms. The number of furan rings is 1. The molecule has 0 aliphatic carbocycles. The van der Waals surface area contributed by atoms with Crippen LogP contribution in [0.25, 0.3) is 11.0 Å². The van der Waals surface area contributed by atoms with E-state index in [2.05, 4.69) is 10.3 Å². The van der Waals surface area contributed by atoms with Crippen LogP contribution >= 0.6 is 0 Å². The fraction of sp³-hybridized carbons (Fsp3) is 0.318. The molecule has 4 rings (SSSR count). The van der Waals surface area contributed by atoms with Gasteiger partial charge in [-0.1, -0.05) is 0 Å². The van der Waals surface area contributed by atoms with Gasteiger partial charge in [0.2, 0.25) is 5.91 Å². The Morgan fingerprint density at radius 2 is 2.09 bits per heavy atom. The average molecular weight is 462 g/mol. The fourth-order valence-corrected chi connectivity index (χ4v) is 4.06. The van der Waals surface area contributed by atoms with E-state index in [4.69, 9.17) is 10.2 Å². The molecule has 2 aromatic heterocycles. The Morgan fingerprint density at radius 1 is 1.33 bits per heavy atom. The van der Waals surface area contributed by atoms with Crippen molar-refractivity contribution in [2.24, 2.45) is 5.73 Å². The summed E-state index contributed by atoms with van der Waals surface area (Å²) in [6.45, 7) is 1.40. The minimum absolute atomic E-state index is 0.0101. The largest absolute Gasteiger partial charge is 0.461 e. The summed E-state index contributed by atoms with van der Waals surface area (Å²) >= 11 is 0. The number of halogens is 3. The van der Waals surface area contributed by atoms with Gasteiger partial charge >= 0.3 is 6.18 Å². The van der Waals surface area contributed by atoms with Gasteiger partial charge < -0.3 is 25.5 Å². The molecular weight excluding hydrogens is 441 g/mol. The summed E-state index contributed by atoms with van der Waals surface area (Å²) in [5.74, 6) is -1.26. The quantitative estimate of drug-likeness (QED) is 0.535. The Hall–Kier alpha value is -3.60. The summed E-state index contributed by atoms with van der Waals surface area (Å²) in [5, 5.41) is 12.1. The Kier molecular flexibility index (Phi) is 5.75. The Balaban J connectivity index is 1.69. The van der Waals surface area contributed by atoms with E-state index in [1.54, 1.807) is 36.1 Å². The first-order valence-electron chi connectivity index (χ1n) is 10.1. The van der Waals surface area contributed by atoms with Crippen LogP contribution < -0.4 is 16.0 Å². The number of hydrogen-bond donors (Lipinski definition) is 3. The normalized spacial score (nSPS) is 14.8. The van der Waals surface area contributed by atoms with Crippen LogP contribution in [-0.4, -0.2) is 41.1 Å². The first-order valence-corrected chi connectivity index (χ1v) is 10.1. The third kappa shape index (κ3) is 4.23. The maximum atomic E-state index is 13.5. The molecule has 2 amide bonds. The highest BCUT2D eigenvalue weighted by Gasteiger charge is 2.37.